The average molecular weight is 410 g/mol. The number of aromatic nitrogens is 4. The van der Waals surface area contributed by atoms with E-state index in [1.54, 1.807) is 12.1 Å². The number of imidazole rings is 1. The number of alkyl halides is 3. The number of fused-ring (bicyclic) bond motifs is 2. The standard InChI is InChI=1S/C21H17F3N6/c22-21(23,24)13-5-7-30(8-6-13)14-2-4-16-18(10-14)27-20(26-16)19-15-3-1-12(11-25)9-17(15)28-29-19/h1-4,9-10,13H,5-8H2,(H,26,27)(H,28,29). The first-order valence-electron chi connectivity index (χ1n) is 9.62. The van der Waals surface area contributed by atoms with Crippen LogP contribution in [0, 0.1) is 17.2 Å². The molecule has 6 nitrogen and oxygen atoms in total. The summed E-state index contributed by atoms with van der Waals surface area (Å²) in [5.74, 6) is -0.625. The van der Waals surface area contributed by atoms with Gasteiger partial charge < -0.3 is 9.88 Å². The van der Waals surface area contributed by atoms with Crippen molar-refractivity contribution in [2.75, 3.05) is 18.0 Å². The fourth-order valence-electron chi connectivity index (χ4n) is 4.04. The average Bonchev–Trinajstić information content (AvgIpc) is 3.35. The van der Waals surface area contributed by atoms with E-state index in [1.165, 1.54) is 0 Å². The van der Waals surface area contributed by atoms with Gasteiger partial charge in [-0.15, -0.1) is 0 Å². The first kappa shape index (κ1) is 18.5. The molecule has 2 aromatic carbocycles. The van der Waals surface area contributed by atoms with E-state index < -0.39 is 12.1 Å². The summed E-state index contributed by atoms with van der Waals surface area (Å²) in [5, 5.41) is 17.1. The second kappa shape index (κ2) is 6.76. The van der Waals surface area contributed by atoms with E-state index in [-0.39, 0.29) is 12.8 Å². The Bertz CT molecular complexity index is 1270. The first-order chi connectivity index (χ1) is 14.4. The van der Waals surface area contributed by atoms with Gasteiger partial charge in [-0.2, -0.15) is 23.5 Å². The summed E-state index contributed by atoms with van der Waals surface area (Å²) in [7, 11) is 0. The van der Waals surface area contributed by atoms with Gasteiger partial charge in [-0.05, 0) is 49.2 Å². The summed E-state index contributed by atoms with van der Waals surface area (Å²) in [4.78, 5) is 9.86. The van der Waals surface area contributed by atoms with Crippen LogP contribution in [-0.4, -0.2) is 39.4 Å². The Hall–Kier alpha value is -3.54. The predicted molar refractivity (Wildman–Crippen MR) is 107 cm³/mol. The number of aromatic amines is 2. The monoisotopic (exact) mass is 410 g/mol. The zero-order chi connectivity index (χ0) is 20.9. The molecule has 0 unspecified atom stereocenters. The van der Waals surface area contributed by atoms with E-state index in [4.69, 9.17) is 5.26 Å². The molecule has 1 fully saturated rings. The van der Waals surface area contributed by atoms with E-state index in [0.29, 0.717) is 30.2 Å². The maximum absolute atomic E-state index is 12.9. The Kier molecular flexibility index (Phi) is 4.17. The van der Waals surface area contributed by atoms with Crippen LogP contribution in [0.2, 0.25) is 0 Å². The van der Waals surface area contributed by atoms with Gasteiger partial charge in [0.25, 0.3) is 0 Å². The van der Waals surface area contributed by atoms with Crippen molar-refractivity contribution in [1.29, 1.82) is 5.26 Å². The van der Waals surface area contributed by atoms with Gasteiger partial charge in [-0.1, -0.05) is 0 Å². The summed E-state index contributed by atoms with van der Waals surface area (Å²) >= 11 is 0. The number of H-pyrrole nitrogens is 2. The van der Waals surface area contributed by atoms with Crippen molar-refractivity contribution >= 4 is 27.6 Å². The van der Waals surface area contributed by atoms with Crippen molar-refractivity contribution in [2.45, 2.75) is 19.0 Å². The molecule has 0 spiro atoms. The zero-order valence-electron chi connectivity index (χ0n) is 15.8. The highest BCUT2D eigenvalue weighted by Crippen LogP contribution is 2.36. The second-order valence-corrected chi connectivity index (χ2v) is 7.53. The summed E-state index contributed by atoms with van der Waals surface area (Å²) in [5.41, 5.74) is 4.37. The molecule has 0 amide bonds. The molecule has 1 saturated heterocycles. The number of rotatable bonds is 2. The molecule has 0 atom stereocenters. The Balaban J connectivity index is 1.43. The van der Waals surface area contributed by atoms with Crippen LogP contribution in [0.5, 0.6) is 0 Å². The van der Waals surface area contributed by atoms with Crippen LogP contribution in [-0.2, 0) is 0 Å². The molecule has 1 aliphatic heterocycles. The summed E-state index contributed by atoms with van der Waals surface area (Å²) < 4.78 is 38.7. The van der Waals surface area contributed by atoms with Crippen molar-refractivity contribution in [3.63, 3.8) is 0 Å². The third-order valence-electron chi connectivity index (χ3n) is 5.70. The van der Waals surface area contributed by atoms with Crippen LogP contribution < -0.4 is 4.90 Å². The molecule has 0 aliphatic carbocycles. The fourth-order valence-corrected chi connectivity index (χ4v) is 4.04. The smallest absolute Gasteiger partial charge is 0.371 e. The van der Waals surface area contributed by atoms with Crippen molar-refractivity contribution in [3.05, 3.63) is 42.0 Å². The van der Waals surface area contributed by atoms with Crippen LogP contribution in [0.15, 0.2) is 36.4 Å². The molecule has 152 valence electrons. The lowest BCUT2D eigenvalue weighted by Crippen LogP contribution is -2.38. The van der Waals surface area contributed by atoms with Gasteiger partial charge in [-0.25, -0.2) is 4.98 Å². The molecule has 2 N–H and O–H groups in total. The van der Waals surface area contributed by atoms with Crippen LogP contribution in [0.3, 0.4) is 0 Å². The van der Waals surface area contributed by atoms with Crippen LogP contribution in [0.4, 0.5) is 18.9 Å². The van der Waals surface area contributed by atoms with Gasteiger partial charge in [0.2, 0.25) is 0 Å². The molecular weight excluding hydrogens is 393 g/mol. The fraction of sp³-hybridized carbons (Fsp3) is 0.286. The maximum Gasteiger partial charge on any atom is 0.391 e. The van der Waals surface area contributed by atoms with E-state index in [0.717, 1.165) is 27.6 Å². The lowest BCUT2D eigenvalue weighted by molar-refractivity contribution is -0.179. The molecule has 9 heteroatoms. The van der Waals surface area contributed by atoms with Crippen LogP contribution >= 0.6 is 0 Å². The van der Waals surface area contributed by atoms with Gasteiger partial charge in [0.05, 0.1) is 34.1 Å². The Morgan fingerprint density at radius 2 is 1.87 bits per heavy atom. The van der Waals surface area contributed by atoms with Crippen LogP contribution in [0.25, 0.3) is 33.5 Å². The van der Waals surface area contributed by atoms with E-state index in [1.807, 2.05) is 29.2 Å². The SMILES string of the molecule is N#Cc1ccc2c(-c3nc4ccc(N5CCC(C(F)(F)F)CC5)cc4[nH]3)n[nH]c2c1. The molecule has 4 aromatic rings. The highest BCUT2D eigenvalue weighted by atomic mass is 19.4. The Morgan fingerprint density at radius 1 is 1.07 bits per heavy atom. The lowest BCUT2D eigenvalue weighted by atomic mass is 9.96. The topological polar surface area (TPSA) is 84.4 Å². The van der Waals surface area contributed by atoms with E-state index in [9.17, 15) is 13.2 Å². The predicted octanol–water partition coefficient (Wildman–Crippen LogP) is 4.76. The van der Waals surface area contributed by atoms with Gasteiger partial charge >= 0.3 is 6.18 Å². The van der Waals surface area contributed by atoms with Crippen LogP contribution in [0.1, 0.15) is 18.4 Å². The summed E-state index contributed by atoms with van der Waals surface area (Å²) in [6.45, 7) is 0.754. The van der Waals surface area contributed by atoms with Gasteiger partial charge in [0, 0.05) is 24.2 Å². The Labute approximate surface area is 169 Å². The van der Waals surface area contributed by atoms with Crippen molar-refractivity contribution in [3.8, 4) is 17.6 Å². The zero-order valence-corrected chi connectivity index (χ0v) is 15.8. The van der Waals surface area contributed by atoms with Crippen molar-refractivity contribution < 1.29 is 13.2 Å². The van der Waals surface area contributed by atoms with Gasteiger partial charge in [-0.3, -0.25) is 5.10 Å². The molecule has 0 radical (unpaired) electrons. The third-order valence-corrected chi connectivity index (χ3v) is 5.70. The quantitative estimate of drug-likeness (QED) is 0.499. The number of hydrogen-bond acceptors (Lipinski definition) is 4. The number of nitriles is 1. The van der Waals surface area contributed by atoms with E-state index in [2.05, 4.69) is 26.2 Å². The normalized spacial score (nSPS) is 15.7. The first-order valence-corrected chi connectivity index (χ1v) is 9.62. The molecule has 30 heavy (non-hydrogen) atoms. The minimum atomic E-state index is -4.12. The molecule has 3 heterocycles. The molecule has 1 aliphatic rings. The number of benzene rings is 2. The number of anilines is 1. The number of hydrogen-bond donors (Lipinski definition) is 2. The number of halogens is 3. The van der Waals surface area contributed by atoms with Gasteiger partial charge in [0.1, 0.15) is 5.69 Å². The number of nitrogens with one attached hydrogen (secondary N) is 2. The second-order valence-electron chi connectivity index (χ2n) is 7.53. The highest BCUT2D eigenvalue weighted by molar-refractivity contribution is 5.94. The third kappa shape index (κ3) is 3.14. The molecule has 2 aromatic heterocycles. The minimum absolute atomic E-state index is 0.111. The van der Waals surface area contributed by atoms with Crippen molar-refractivity contribution in [1.82, 2.24) is 20.2 Å². The van der Waals surface area contributed by atoms with Crippen molar-refractivity contribution in [2.24, 2.45) is 5.92 Å². The molecule has 0 bridgehead atoms. The number of nitrogens with zero attached hydrogens (tertiary/aromatic N) is 4. The summed E-state index contributed by atoms with van der Waals surface area (Å²) in [6, 6.07) is 13.1. The molecule has 0 saturated carbocycles. The van der Waals surface area contributed by atoms with Gasteiger partial charge in [0.15, 0.2) is 5.82 Å². The molecule has 5 rings (SSSR count). The highest BCUT2D eigenvalue weighted by Gasteiger charge is 2.41. The minimum Gasteiger partial charge on any atom is -0.371 e. The number of piperidine rings is 1. The lowest BCUT2D eigenvalue weighted by Gasteiger charge is -2.34. The van der Waals surface area contributed by atoms with E-state index >= 15 is 0 Å². The largest absolute Gasteiger partial charge is 0.391 e. The maximum atomic E-state index is 12.9. The Morgan fingerprint density at radius 3 is 2.60 bits per heavy atom. The summed E-state index contributed by atoms with van der Waals surface area (Å²) in [6.07, 6.45) is -3.89. The molecular formula is C21H17F3N6.